The lowest BCUT2D eigenvalue weighted by molar-refractivity contribution is -0.126. The number of fused-ring (bicyclic) bond motifs is 1. The van der Waals surface area contributed by atoms with E-state index in [0.717, 1.165) is 29.9 Å². The summed E-state index contributed by atoms with van der Waals surface area (Å²) in [5.74, 6) is 1.44. The molecule has 21 heavy (non-hydrogen) atoms. The molecule has 1 atom stereocenters. The zero-order chi connectivity index (χ0) is 15.2. The molecule has 1 unspecified atom stereocenters. The average molecular weight is 307 g/mol. The lowest BCUT2D eigenvalue weighted by atomic mass is 10.2. The molecule has 5 heteroatoms. The van der Waals surface area contributed by atoms with E-state index in [4.69, 9.17) is 9.47 Å². The number of amides is 1. The van der Waals surface area contributed by atoms with Crippen molar-refractivity contribution in [2.45, 2.75) is 32.1 Å². The van der Waals surface area contributed by atoms with Crippen LogP contribution in [0.5, 0.6) is 11.5 Å². The molecule has 114 valence electrons. The maximum atomic E-state index is 12.2. The molecule has 0 N–H and O–H groups in total. The van der Waals surface area contributed by atoms with Crippen LogP contribution in [0.4, 0.5) is 0 Å². The zero-order valence-corrected chi connectivity index (χ0v) is 13.3. The van der Waals surface area contributed by atoms with Crippen LogP contribution < -0.4 is 9.47 Å². The normalized spacial score (nSPS) is 14.4. The Bertz CT molecular complexity index is 530. The van der Waals surface area contributed by atoms with Gasteiger partial charge in [-0.1, -0.05) is 19.4 Å². The van der Waals surface area contributed by atoms with Crippen LogP contribution in [0, 0.1) is 0 Å². The van der Waals surface area contributed by atoms with Crippen LogP contribution >= 0.6 is 12.6 Å². The molecule has 1 amide bonds. The van der Waals surface area contributed by atoms with Gasteiger partial charge in [0.1, 0.15) is 0 Å². The molecule has 1 aliphatic heterocycles. The molecule has 1 aliphatic rings. The molecule has 0 saturated carbocycles. The van der Waals surface area contributed by atoms with Crippen molar-refractivity contribution in [3.05, 3.63) is 29.8 Å². The highest BCUT2D eigenvalue weighted by molar-refractivity contribution is 7.80. The number of benzene rings is 1. The van der Waals surface area contributed by atoms with E-state index in [1.165, 1.54) is 0 Å². The Kier molecular flexibility index (Phi) is 5.56. The van der Waals surface area contributed by atoms with E-state index < -0.39 is 0 Å². The Morgan fingerprint density at radius 1 is 1.38 bits per heavy atom. The maximum absolute atomic E-state index is 12.2. The van der Waals surface area contributed by atoms with Crippen molar-refractivity contribution in [2.75, 3.05) is 13.3 Å². The monoisotopic (exact) mass is 307 g/mol. The number of hydrogen-bond acceptors (Lipinski definition) is 4. The molecule has 0 fully saturated rings. The van der Waals surface area contributed by atoms with E-state index in [1.807, 2.05) is 25.1 Å². The van der Waals surface area contributed by atoms with Gasteiger partial charge in [-0.25, -0.2) is 0 Å². The van der Waals surface area contributed by atoms with Gasteiger partial charge in [0.15, 0.2) is 11.5 Å². The number of rotatable bonds is 6. The highest BCUT2D eigenvalue weighted by Crippen LogP contribution is 2.32. The molecular weight excluding hydrogens is 286 g/mol. The first-order valence-electron chi connectivity index (χ1n) is 7.22. The molecule has 1 aromatic carbocycles. The third kappa shape index (κ3) is 3.94. The highest BCUT2D eigenvalue weighted by Gasteiger charge is 2.16. The maximum Gasteiger partial charge on any atom is 0.247 e. The van der Waals surface area contributed by atoms with Gasteiger partial charge < -0.3 is 14.4 Å². The van der Waals surface area contributed by atoms with Crippen molar-refractivity contribution in [2.24, 2.45) is 0 Å². The quantitative estimate of drug-likeness (QED) is 0.498. The Labute approximate surface area is 131 Å². The van der Waals surface area contributed by atoms with E-state index in [2.05, 4.69) is 19.6 Å². The minimum Gasteiger partial charge on any atom is -0.454 e. The Hall–Kier alpha value is -1.62. The summed E-state index contributed by atoms with van der Waals surface area (Å²) in [6.45, 7) is 4.96. The lowest BCUT2D eigenvalue weighted by Gasteiger charge is -2.25. The third-order valence-electron chi connectivity index (χ3n) is 3.35. The molecule has 0 radical (unpaired) electrons. The Morgan fingerprint density at radius 2 is 2.14 bits per heavy atom. The first-order chi connectivity index (χ1) is 10.2. The van der Waals surface area contributed by atoms with Gasteiger partial charge in [0, 0.05) is 12.6 Å². The summed E-state index contributed by atoms with van der Waals surface area (Å²) in [4.78, 5) is 14.0. The molecule has 0 saturated heterocycles. The predicted octanol–water partition coefficient (Wildman–Crippen LogP) is 3.33. The van der Waals surface area contributed by atoms with Gasteiger partial charge >= 0.3 is 0 Å². The Morgan fingerprint density at radius 3 is 2.86 bits per heavy atom. The first-order valence-corrected chi connectivity index (χ1v) is 7.73. The van der Waals surface area contributed by atoms with Gasteiger partial charge in [-0.2, -0.15) is 12.6 Å². The van der Waals surface area contributed by atoms with E-state index in [9.17, 15) is 4.79 Å². The minimum atomic E-state index is -0.0334. The molecular formula is C16H21NO3S. The summed E-state index contributed by atoms with van der Waals surface area (Å²) < 4.78 is 10.6. The molecule has 1 aromatic rings. The number of nitrogens with zero attached hydrogens (tertiary/aromatic N) is 1. The number of carbonyl (C=O) groups excluding carboxylic acids is 1. The number of hydrogen-bond donors (Lipinski definition) is 1. The van der Waals surface area contributed by atoms with Gasteiger partial charge in [-0.15, -0.1) is 0 Å². The van der Waals surface area contributed by atoms with Crippen molar-refractivity contribution in [1.82, 2.24) is 4.90 Å². The smallest absolute Gasteiger partial charge is 0.247 e. The van der Waals surface area contributed by atoms with E-state index in [1.54, 1.807) is 17.1 Å². The van der Waals surface area contributed by atoms with Crippen molar-refractivity contribution in [1.29, 1.82) is 0 Å². The van der Waals surface area contributed by atoms with Crippen LogP contribution in [0.3, 0.4) is 0 Å². The molecule has 0 bridgehead atoms. The Balaban J connectivity index is 2.03. The fourth-order valence-corrected chi connectivity index (χ4v) is 2.74. The van der Waals surface area contributed by atoms with Gasteiger partial charge in [0.2, 0.25) is 12.7 Å². The summed E-state index contributed by atoms with van der Waals surface area (Å²) in [5.41, 5.74) is 0.912. The molecule has 1 heterocycles. The van der Waals surface area contributed by atoms with E-state index >= 15 is 0 Å². The van der Waals surface area contributed by atoms with Crippen LogP contribution in [-0.2, 0) is 4.79 Å². The zero-order valence-electron chi connectivity index (χ0n) is 12.4. The summed E-state index contributed by atoms with van der Waals surface area (Å²) >= 11 is 4.49. The molecule has 0 spiro atoms. The van der Waals surface area contributed by atoms with Crippen LogP contribution in [0.2, 0.25) is 0 Å². The lowest BCUT2D eigenvalue weighted by Crippen LogP contribution is -2.35. The van der Waals surface area contributed by atoms with Gasteiger partial charge in [-0.05, 0) is 37.1 Å². The van der Waals surface area contributed by atoms with E-state index in [-0.39, 0.29) is 18.1 Å². The van der Waals surface area contributed by atoms with Crippen molar-refractivity contribution in [3.8, 4) is 11.5 Å². The molecule has 4 nitrogen and oxygen atoms in total. The largest absolute Gasteiger partial charge is 0.454 e. The number of ether oxygens (including phenoxy) is 2. The number of likely N-dealkylation sites (N-methyl/N-ethyl adjacent to an activating group) is 1. The highest BCUT2D eigenvalue weighted by atomic mass is 32.1. The summed E-state index contributed by atoms with van der Waals surface area (Å²) in [5, 5.41) is -0.0334. The van der Waals surface area contributed by atoms with E-state index in [0.29, 0.717) is 6.54 Å². The van der Waals surface area contributed by atoms with Gasteiger partial charge in [-0.3, -0.25) is 4.79 Å². The van der Waals surface area contributed by atoms with Crippen LogP contribution in [0.25, 0.3) is 6.08 Å². The second-order valence-electron chi connectivity index (χ2n) is 4.84. The van der Waals surface area contributed by atoms with Crippen LogP contribution in [-0.4, -0.2) is 29.5 Å². The summed E-state index contributed by atoms with van der Waals surface area (Å²) in [7, 11) is 0. The average Bonchev–Trinajstić information content (AvgIpc) is 2.93. The topological polar surface area (TPSA) is 38.8 Å². The second kappa shape index (κ2) is 7.41. The number of carbonyl (C=O) groups is 1. The summed E-state index contributed by atoms with van der Waals surface area (Å²) in [6, 6.07) is 5.62. The van der Waals surface area contributed by atoms with Crippen LogP contribution in [0.15, 0.2) is 24.3 Å². The second-order valence-corrected chi connectivity index (χ2v) is 5.44. The molecule has 2 rings (SSSR count). The fraction of sp³-hybridized carbons (Fsp3) is 0.438. The van der Waals surface area contributed by atoms with Gasteiger partial charge in [0.25, 0.3) is 0 Å². The minimum absolute atomic E-state index is 0.0244. The van der Waals surface area contributed by atoms with Gasteiger partial charge in [0.05, 0.1) is 5.37 Å². The first kappa shape index (κ1) is 15.8. The standard InChI is InChI=1S/C16H21NO3S/c1-3-5-16(21)17(4-2)15(18)9-7-12-6-8-13-14(10-12)20-11-19-13/h6-10,16,21H,3-5,11H2,1-2H3/b9-7+. The SMILES string of the molecule is CCCC(S)N(CC)C(=O)/C=C/c1ccc2c(c1)OCO2. The summed E-state index contributed by atoms with van der Waals surface area (Å²) in [6.07, 6.45) is 5.27. The fourth-order valence-electron chi connectivity index (χ4n) is 2.21. The number of thiol groups is 1. The third-order valence-corrected chi connectivity index (χ3v) is 3.88. The predicted molar refractivity (Wildman–Crippen MR) is 86.7 cm³/mol. The molecule has 0 aromatic heterocycles. The van der Waals surface area contributed by atoms with Crippen LogP contribution in [0.1, 0.15) is 32.3 Å². The molecule has 0 aliphatic carbocycles. The van der Waals surface area contributed by atoms with Crippen molar-refractivity contribution >= 4 is 24.6 Å². The van der Waals surface area contributed by atoms with Crippen molar-refractivity contribution < 1.29 is 14.3 Å². The van der Waals surface area contributed by atoms with Crippen molar-refractivity contribution in [3.63, 3.8) is 0 Å².